The third-order valence-electron chi connectivity index (χ3n) is 6.61. The minimum absolute atomic E-state index is 0.0144. The second-order valence-corrected chi connectivity index (χ2v) is 11.1. The minimum atomic E-state index is -3.78. The summed E-state index contributed by atoms with van der Waals surface area (Å²) in [5, 5.41) is 12.6. The number of carbonyl (C=O) groups excluding carboxylic acids is 1. The molecule has 0 bridgehead atoms. The highest BCUT2D eigenvalue weighted by atomic mass is 32.2. The summed E-state index contributed by atoms with van der Waals surface area (Å²) in [5.41, 5.74) is 1.41. The van der Waals surface area contributed by atoms with Crippen molar-refractivity contribution < 1.29 is 17.9 Å². The van der Waals surface area contributed by atoms with E-state index in [9.17, 15) is 18.5 Å². The predicted molar refractivity (Wildman–Crippen MR) is 134 cm³/mol. The van der Waals surface area contributed by atoms with Crippen LogP contribution in [0.5, 0.6) is 5.75 Å². The van der Waals surface area contributed by atoms with E-state index in [0.29, 0.717) is 31.0 Å². The molecule has 2 aromatic carbocycles. The van der Waals surface area contributed by atoms with Gasteiger partial charge in [-0.25, -0.2) is 8.42 Å². The molecule has 2 heterocycles. The first-order chi connectivity index (χ1) is 16.8. The molecule has 2 saturated heterocycles. The molecule has 2 N–H and O–H groups in total. The number of carbonyl (C=O) groups is 1. The van der Waals surface area contributed by atoms with Crippen LogP contribution in [0.2, 0.25) is 0 Å². The largest absolute Gasteiger partial charge is 0.492 e. The molecule has 0 aliphatic carbocycles. The summed E-state index contributed by atoms with van der Waals surface area (Å²) in [6.45, 7) is 5.01. The molecule has 0 spiro atoms. The van der Waals surface area contributed by atoms with Gasteiger partial charge in [-0.3, -0.25) is 14.8 Å². The Labute approximate surface area is 207 Å². The summed E-state index contributed by atoms with van der Waals surface area (Å²) in [5.74, 6) is 0.656. The standard InChI is InChI=1S/C26H32N4O4S/c1-18(2)23-12-11-22(35(32,33)29-19-7-4-3-5-8-19)15-25(23)34-17-20-10-13-24(28-20)26(31)30-14-6-9-21(30)16-27/h3-5,7-8,11-12,15,18,20-21,24,28-29H,6,9-10,13-14,17H2,1-2H3/t20-,21+,24+/m1/s1. The summed E-state index contributed by atoms with van der Waals surface area (Å²) in [6.07, 6.45) is 3.05. The van der Waals surface area contributed by atoms with Crippen LogP contribution in [0.15, 0.2) is 53.4 Å². The zero-order chi connectivity index (χ0) is 25.0. The van der Waals surface area contributed by atoms with Crippen LogP contribution in [0, 0.1) is 11.3 Å². The lowest BCUT2D eigenvalue weighted by Gasteiger charge is -2.24. The van der Waals surface area contributed by atoms with Crippen molar-refractivity contribution in [2.75, 3.05) is 17.9 Å². The van der Waals surface area contributed by atoms with Crippen LogP contribution in [-0.2, 0) is 14.8 Å². The van der Waals surface area contributed by atoms with Crippen LogP contribution in [0.4, 0.5) is 5.69 Å². The predicted octanol–water partition coefficient (Wildman–Crippen LogP) is 3.62. The van der Waals surface area contributed by atoms with Gasteiger partial charge in [-0.15, -0.1) is 0 Å². The molecule has 0 unspecified atom stereocenters. The molecule has 2 aromatic rings. The van der Waals surface area contributed by atoms with Crippen LogP contribution in [0.3, 0.4) is 0 Å². The van der Waals surface area contributed by atoms with Crippen molar-refractivity contribution in [2.45, 2.75) is 68.5 Å². The van der Waals surface area contributed by atoms with Gasteiger partial charge in [0.2, 0.25) is 5.91 Å². The number of hydrogen-bond donors (Lipinski definition) is 2. The molecule has 1 amide bonds. The Balaban J connectivity index is 1.43. The Bertz CT molecular complexity index is 1190. The number of rotatable bonds is 8. The second-order valence-electron chi connectivity index (χ2n) is 9.45. The van der Waals surface area contributed by atoms with Gasteiger partial charge in [0.25, 0.3) is 10.0 Å². The monoisotopic (exact) mass is 496 g/mol. The fraction of sp³-hybridized carbons (Fsp3) is 0.462. The molecule has 2 aliphatic heterocycles. The molecule has 9 heteroatoms. The van der Waals surface area contributed by atoms with E-state index in [1.165, 1.54) is 0 Å². The van der Waals surface area contributed by atoms with Crippen LogP contribution >= 0.6 is 0 Å². The normalized spacial score (nSPS) is 22.2. The van der Waals surface area contributed by atoms with Gasteiger partial charge in [-0.2, -0.15) is 5.26 Å². The third-order valence-corrected chi connectivity index (χ3v) is 7.99. The number of likely N-dealkylation sites (tertiary alicyclic amines) is 1. The van der Waals surface area contributed by atoms with E-state index in [2.05, 4.69) is 16.1 Å². The van der Waals surface area contributed by atoms with Crippen molar-refractivity contribution in [3.8, 4) is 11.8 Å². The van der Waals surface area contributed by atoms with Crippen LogP contribution in [0.25, 0.3) is 0 Å². The summed E-state index contributed by atoms with van der Waals surface area (Å²) >= 11 is 0. The molecule has 3 atom stereocenters. The van der Waals surface area contributed by atoms with Gasteiger partial charge in [0.1, 0.15) is 18.4 Å². The third kappa shape index (κ3) is 5.77. The number of sulfonamides is 1. The number of nitriles is 1. The van der Waals surface area contributed by atoms with Gasteiger partial charge < -0.3 is 9.64 Å². The lowest BCUT2D eigenvalue weighted by atomic mass is 10.0. The number of anilines is 1. The summed E-state index contributed by atoms with van der Waals surface area (Å²) in [6, 6.07) is 15.3. The quantitative estimate of drug-likeness (QED) is 0.577. The van der Waals surface area contributed by atoms with Crippen molar-refractivity contribution in [1.82, 2.24) is 10.2 Å². The van der Waals surface area contributed by atoms with Crippen molar-refractivity contribution >= 4 is 21.6 Å². The first-order valence-corrected chi connectivity index (χ1v) is 13.6. The molecule has 35 heavy (non-hydrogen) atoms. The summed E-state index contributed by atoms with van der Waals surface area (Å²) < 4.78 is 34.6. The lowest BCUT2D eigenvalue weighted by molar-refractivity contribution is -0.133. The molecule has 186 valence electrons. The number of nitrogens with one attached hydrogen (secondary N) is 2. The maximum Gasteiger partial charge on any atom is 0.262 e. The Morgan fingerprint density at radius 1 is 1.20 bits per heavy atom. The Kier molecular flexibility index (Phi) is 7.63. The first-order valence-electron chi connectivity index (χ1n) is 12.1. The molecule has 2 fully saturated rings. The molecule has 0 saturated carbocycles. The summed E-state index contributed by atoms with van der Waals surface area (Å²) in [4.78, 5) is 14.7. The molecule has 4 rings (SSSR count). The number of para-hydroxylation sites is 1. The lowest BCUT2D eigenvalue weighted by Crippen LogP contribution is -2.47. The zero-order valence-electron chi connectivity index (χ0n) is 20.1. The van der Waals surface area contributed by atoms with Gasteiger partial charge in [0.15, 0.2) is 0 Å². The maximum absolute atomic E-state index is 12.9. The highest BCUT2D eigenvalue weighted by Gasteiger charge is 2.37. The molecule has 2 aliphatic rings. The van der Waals surface area contributed by atoms with Gasteiger partial charge in [-0.05, 0) is 55.4 Å². The summed E-state index contributed by atoms with van der Waals surface area (Å²) in [7, 11) is -3.78. The Morgan fingerprint density at radius 2 is 1.97 bits per heavy atom. The highest BCUT2D eigenvalue weighted by Crippen LogP contribution is 2.31. The molecular weight excluding hydrogens is 464 g/mol. The maximum atomic E-state index is 12.9. The number of nitrogens with zero attached hydrogens (tertiary/aromatic N) is 2. The molecule has 0 radical (unpaired) electrons. The SMILES string of the molecule is CC(C)c1ccc(S(=O)(=O)Nc2ccccc2)cc1OC[C@H]1CC[C@@H](C(=O)N2CCC[C@H]2C#N)N1. The molecule has 8 nitrogen and oxygen atoms in total. The first kappa shape index (κ1) is 25.0. The second kappa shape index (κ2) is 10.7. The number of benzene rings is 2. The van der Waals surface area contributed by atoms with Crippen LogP contribution < -0.4 is 14.8 Å². The number of amides is 1. The van der Waals surface area contributed by atoms with E-state index in [0.717, 1.165) is 24.8 Å². The average molecular weight is 497 g/mol. The smallest absolute Gasteiger partial charge is 0.262 e. The molecule has 0 aromatic heterocycles. The van der Waals surface area contributed by atoms with Gasteiger partial charge >= 0.3 is 0 Å². The van der Waals surface area contributed by atoms with Gasteiger partial charge in [0, 0.05) is 24.3 Å². The average Bonchev–Trinajstić information content (AvgIpc) is 3.52. The fourth-order valence-electron chi connectivity index (χ4n) is 4.70. The van der Waals surface area contributed by atoms with Crippen molar-refractivity contribution in [2.24, 2.45) is 0 Å². The van der Waals surface area contributed by atoms with Gasteiger partial charge in [-0.1, -0.05) is 38.1 Å². The minimum Gasteiger partial charge on any atom is -0.492 e. The van der Waals surface area contributed by atoms with E-state index in [1.807, 2.05) is 19.9 Å². The topological polar surface area (TPSA) is 112 Å². The van der Waals surface area contributed by atoms with Crippen molar-refractivity contribution in [3.05, 3.63) is 54.1 Å². The van der Waals surface area contributed by atoms with E-state index in [-0.39, 0.29) is 34.8 Å². The highest BCUT2D eigenvalue weighted by molar-refractivity contribution is 7.92. The van der Waals surface area contributed by atoms with Crippen molar-refractivity contribution in [3.63, 3.8) is 0 Å². The number of hydrogen-bond acceptors (Lipinski definition) is 6. The van der Waals surface area contributed by atoms with E-state index in [1.54, 1.807) is 47.4 Å². The van der Waals surface area contributed by atoms with Gasteiger partial charge in [0.05, 0.1) is 17.0 Å². The Morgan fingerprint density at radius 3 is 2.69 bits per heavy atom. The Hall–Kier alpha value is -3.09. The van der Waals surface area contributed by atoms with Crippen LogP contribution in [0.1, 0.15) is 51.0 Å². The zero-order valence-corrected chi connectivity index (χ0v) is 20.9. The van der Waals surface area contributed by atoms with E-state index in [4.69, 9.17) is 4.74 Å². The van der Waals surface area contributed by atoms with E-state index >= 15 is 0 Å². The van der Waals surface area contributed by atoms with Crippen LogP contribution in [-0.4, -0.2) is 50.5 Å². The van der Waals surface area contributed by atoms with Crippen molar-refractivity contribution in [1.29, 1.82) is 5.26 Å². The molecular formula is C26H32N4O4S. The fourth-order valence-corrected chi connectivity index (χ4v) is 5.78. The van der Waals surface area contributed by atoms with E-state index < -0.39 is 10.0 Å². The number of ether oxygens (including phenoxy) is 1.